The van der Waals surface area contributed by atoms with E-state index in [4.69, 9.17) is 0 Å². The van der Waals surface area contributed by atoms with Gasteiger partial charge < -0.3 is 5.32 Å². The maximum Gasteiger partial charge on any atom is 0.0338 e. The lowest BCUT2D eigenvalue weighted by Gasteiger charge is -2.29. The fraction of sp³-hybridized carbons (Fsp3) is 0.286. The minimum Gasteiger partial charge on any atom is -0.310 e. The summed E-state index contributed by atoms with van der Waals surface area (Å²) in [5, 5.41) is 6.28. The van der Waals surface area contributed by atoms with Gasteiger partial charge in [-0.25, -0.2) is 0 Å². The quantitative estimate of drug-likeness (QED) is 0.740. The third kappa shape index (κ3) is 1.35. The van der Waals surface area contributed by atoms with E-state index in [0.717, 1.165) is 6.54 Å². The van der Waals surface area contributed by atoms with Crippen LogP contribution in [0.5, 0.6) is 0 Å². The van der Waals surface area contributed by atoms with E-state index in [1.165, 1.54) is 28.3 Å². The number of hydrogen-bond donors (Lipinski definition) is 1. The number of rotatable bonds is 1. The minimum absolute atomic E-state index is 0.579. The fourth-order valence-electron chi connectivity index (χ4n) is 2.33. The summed E-state index contributed by atoms with van der Waals surface area (Å²) < 4.78 is 0. The maximum absolute atomic E-state index is 3.47. The molecule has 1 heterocycles. The first-order valence-corrected chi connectivity index (χ1v) is 5.58. The predicted molar refractivity (Wildman–Crippen MR) is 64.0 cm³/mol. The first-order valence-electron chi connectivity index (χ1n) is 5.58. The lowest BCUT2D eigenvalue weighted by atomic mass is 9.91. The highest BCUT2D eigenvalue weighted by molar-refractivity contribution is 5.89. The molecule has 1 aliphatic rings. The Hall–Kier alpha value is -1.34. The molecule has 3 rings (SSSR count). The molecule has 1 saturated heterocycles. The van der Waals surface area contributed by atoms with Gasteiger partial charge in [0.15, 0.2) is 0 Å². The zero-order chi connectivity index (χ0) is 10.3. The van der Waals surface area contributed by atoms with Crippen molar-refractivity contribution < 1.29 is 0 Å². The molecule has 1 heteroatoms. The maximum atomic E-state index is 3.47. The van der Waals surface area contributed by atoms with Crippen molar-refractivity contribution in [3.8, 4) is 0 Å². The minimum atomic E-state index is 0.579. The number of aryl methyl sites for hydroxylation is 1. The van der Waals surface area contributed by atoms with Crippen LogP contribution in [0.3, 0.4) is 0 Å². The van der Waals surface area contributed by atoms with Crippen LogP contribution >= 0.6 is 0 Å². The molecule has 0 spiro atoms. The van der Waals surface area contributed by atoms with Crippen molar-refractivity contribution in [1.82, 2.24) is 5.32 Å². The average molecular weight is 197 g/mol. The topological polar surface area (TPSA) is 12.0 Å². The van der Waals surface area contributed by atoms with Crippen molar-refractivity contribution in [2.24, 2.45) is 0 Å². The summed E-state index contributed by atoms with van der Waals surface area (Å²) in [5.74, 6) is 0. The average Bonchev–Trinajstić information content (AvgIpc) is 2.20. The van der Waals surface area contributed by atoms with Crippen LogP contribution in [-0.2, 0) is 0 Å². The number of hydrogen-bond acceptors (Lipinski definition) is 1. The molecule has 0 aromatic heterocycles. The van der Waals surface area contributed by atoms with Gasteiger partial charge in [0.05, 0.1) is 0 Å². The molecule has 1 atom stereocenters. The van der Waals surface area contributed by atoms with Crippen molar-refractivity contribution in [3.05, 3.63) is 47.5 Å². The van der Waals surface area contributed by atoms with Crippen LogP contribution in [0.2, 0.25) is 0 Å². The van der Waals surface area contributed by atoms with Gasteiger partial charge in [-0.2, -0.15) is 0 Å². The summed E-state index contributed by atoms with van der Waals surface area (Å²) in [7, 11) is 0. The summed E-state index contributed by atoms with van der Waals surface area (Å²) in [5.41, 5.74) is 2.83. The Morgan fingerprint density at radius 3 is 2.47 bits per heavy atom. The van der Waals surface area contributed by atoms with Crippen LogP contribution in [0.4, 0.5) is 0 Å². The first-order chi connectivity index (χ1) is 7.36. The van der Waals surface area contributed by atoms with Crippen molar-refractivity contribution in [3.63, 3.8) is 0 Å². The van der Waals surface area contributed by atoms with Crippen LogP contribution in [-0.4, -0.2) is 6.54 Å². The van der Waals surface area contributed by atoms with E-state index in [1.807, 2.05) is 0 Å². The molecule has 0 bridgehead atoms. The van der Waals surface area contributed by atoms with Crippen molar-refractivity contribution >= 4 is 10.8 Å². The van der Waals surface area contributed by atoms with Gasteiger partial charge in [-0.05, 0) is 41.8 Å². The zero-order valence-electron chi connectivity index (χ0n) is 8.96. The Labute approximate surface area is 90.1 Å². The smallest absolute Gasteiger partial charge is 0.0338 e. The summed E-state index contributed by atoms with van der Waals surface area (Å²) in [4.78, 5) is 0. The van der Waals surface area contributed by atoms with E-state index in [2.05, 4.69) is 48.6 Å². The second-order valence-corrected chi connectivity index (χ2v) is 4.31. The summed E-state index contributed by atoms with van der Waals surface area (Å²) in [6, 6.07) is 13.8. The lowest BCUT2D eigenvalue weighted by molar-refractivity contribution is 0.385. The van der Waals surface area contributed by atoms with Crippen LogP contribution in [0, 0.1) is 6.92 Å². The van der Waals surface area contributed by atoms with Crippen LogP contribution in [0.15, 0.2) is 36.4 Å². The molecule has 0 radical (unpaired) electrons. The Morgan fingerprint density at radius 1 is 1.07 bits per heavy atom. The molecule has 0 saturated carbocycles. The van der Waals surface area contributed by atoms with Crippen LogP contribution in [0.1, 0.15) is 23.6 Å². The Kier molecular flexibility index (Phi) is 2.00. The Bertz CT molecular complexity index is 498. The first kappa shape index (κ1) is 8.93. The zero-order valence-corrected chi connectivity index (χ0v) is 8.96. The Balaban J connectivity index is 2.25. The standard InChI is InChI=1S/C14H15N/c1-10-6-7-13(14-8-9-15-14)12-5-3-2-4-11(10)12/h2-7,14-15H,8-9H2,1H3/t14-/m1/s1. The molecule has 1 aliphatic heterocycles. The van der Waals surface area contributed by atoms with Gasteiger partial charge in [0.2, 0.25) is 0 Å². The number of benzene rings is 2. The van der Waals surface area contributed by atoms with Crippen LogP contribution in [0.25, 0.3) is 10.8 Å². The highest BCUT2D eigenvalue weighted by Crippen LogP contribution is 2.31. The number of nitrogens with one attached hydrogen (secondary N) is 1. The third-order valence-corrected chi connectivity index (χ3v) is 3.37. The third-order valence-electron chi connectivity index (χ3n) is 3.37. The monoisotopic (exact) mass is 197 g/mol. The molecule has 1 nitrogen and oxygen atoms in total. The van der Waals surface area contributed by atoms with Crippen LogP contribution < -0.4 is 5.32 Å². The molecule has 0 aliphatic carbocycles. The highest BCUT2D eigenvalue weighted by Gasteiger charge is 2.20. The van der Waals surface area contributed by atoms with Gasteiger partial charge >= 0.3 is 0 Å². The SMILES string of the molecule is Cc1ccc([C@H]2CCN2)c2ccccc12. The van der Waals surface area contributed by atoms with E-state index in [9.17, 15) is 0 Å². The normalized spacial score (nSPS) is 20.2. The molecular formula is C14H15N. The lowest BCUT2D eigenvalue weighted by Crippen LogP contribution is -2.35. The largest absolute Gasteiger partial charge is 0.310 e. The molecule has 76 valence electrons. The van der Waals surface area contributed by atoms with Gasteiger partial charge in [-0.3, -0.25) is 0 Å². The van der Waals surface area contributed by atoms with Crippen molar-refractivity contribution in [2.45, 2.75) is 19.4 Å². The van der Waals surface area contributed by atoms with Gasteiger partial charge in [0.25, 0.3) is 0 Å². The van der Waals surface area contributed by atoms with E-state index in [0.29, 0.717) is 6.04 Å². The van der Waals surface area contributed by atoms with Gasteiger partial charge in [-0.1, -0.05) is 36.4 Å². The van der Waals surface area contributed by atoms with E-state index >= 15 is 0 Å². The van der Waals surface area contributed by atoms with E-state index in [-0.39, 0.29) is 0 Å². The highest BCUT2D eigenvalue weighted by atomic mass is 15.0. The predicted octanol–water partition coefficient (Wildman–Crippen LogP) is 3.18. The van der Waals surface area contributed by atoms with E-state index < -0.39 is 0 Å². The van der Waals surface area contributed by atoms with Crippen molar-refractivity contribution in [1.29, 1.82) is 0 Å². The summed E-state index contributed by atoms with van der Waals surface area (Å²) in [6.45, 7) is 3.34. The van der Waals surface area contributed by atoms with Gasteiger partial charge in [0, 0.05) is 6.04 Å². The molecule has 15 heavy (non-hydrogen) atoms. The second-order valence-electron chi connectivity index (χ2n) is 4.31. The van der Waals surface area contributed by atoms with Crippen molar-refractivity contribution in [2.75, 3.05) is 6.54 Å². The summed E-state index contributed by atoms with van der Waals surface area (Å²) in [6.07, 6.45) is 1.27. The second kappa shape index (κ2) is 3.35. The van der Waals surface area contributed by atoms with Gasteiger partial charge in [0.1, 0.15) is 0 Å². The fourth-order valence-corrected chi connectivity index (χ4v) is 2.33. The molecule has 1 fully saturated rings. The van der Waals surface area contributed by atoms with E-state index in [1.54, 1.807) is 0 Å². The Morgan fingerprint density at radius 2 is 1.80 bits per heavy atom. The number of fused-ring (bicyclic) bond motifs is 1. The molecule has 2 aromatic rings. The molecule has 2 aromatic carbocycles. The molecular weight excluding hydrogens is 182 g/mol. The molecule has 1 N–H and O–H groups in total. The molecule has 0 unspecified atom stereocenters. The summed E-state index contributed by atoms with van der Waals surface area (Å²) >= 11 is 0. The molecule has 0 amide bonds. The van der Waals surface area contributed by atoms with Gasteiger partial charge in [-0.15, -0.1) is 0 Å².